The van der Waals surface area contributed by atoms with Crippen molar-refractivity contribution in [2.45, 2.75) is 174 Å². The Labute approximate surface area is 267 Å². The van der Waals surface area contributed by atoms with Crippen LogP contribution < -0.4 is 9.47 Å². The van der Waals surface area contributed by atoms with Crippen LogP contribution in [0.15, 0.2) is 12.1 Å². The molecule has 2 saturated heterocycles. The molecule has 1 aromatic carbocycles. The highest BCUT2D eigenvalue weighted by Crippen LogP contribution is 2.36. The SMILES string of the molecule is CCCCCCCCCCCCCCCC(=O)OCc1cc(OC2CCCCO2)c(CCC(C)=O)c(OC2CCCCO2)c1. The fourth-order valence-corrected chi connectivity index (χ4v) is 5.93. The van der Waals surface area contributed by atoms with Crippen LogP contribution in [0.25, 0.3) is 0 Å². The summed E-state index contributed by atoms with van der Waals surface area (Å²) in [6.07, 6.45) is 23.0. The van der Waals surface area contributed by atoms with Gasteiger partial charge >= 0.3 is 5.97 Å². The van der Waals surface area contributed by atoms with E-state index in [1.165, 1.54) is 70.6 Å². The molecule has 3 rings (SSSR count). The van der Waals surface area contributed by atoms with Crippen molar-refractivity contribution in [1.29, 1.82) is 0 Å². The summed E-state index contributed by atoms with van der Waals surface area (Å²) < 4.78 is 30.1. The zero-order chi connectivity index (χ0) is 31.2. The van der Waals surface area contributed by atoms with Gasteiger partial charge in [-0.2, -0.15) is 0 Å². The van der Waals surface area contributed by atoms with E-state index in [0.717, 1.165) is 62.5 Å². The van der Waals surface area contributed by atoms with E-state index in [9.17, 15) is 9.59 Å². The van der Waals surface area contributed by atoms with Crippen molar-refractivity contribution >= 4 is 11.8 Å². The molecular formula is C37H60O7. The van der Waals surface area contributed by atoms with E-state index in [4.69, 9.17) is 23.7 Å². The molecule has 44 heavy (non-hydrogen) atoms. The first-order valence-corrected chi connectivity index (χ1v) is 17.9. The number of rotatable bonds is 23. The molecule has 7 heteroatoms. The van der Waals surface area contributed by atoms with E-state index < -0.39 is 0 Å². The summed E-state index contributed by atoms with van der Waals surface area (Å²) in [5.74, 6) is 1.20. The molecule has 2 fully saturated rings. The second-order valence-electron chi connectivity index (χ2n) is 12.8. The van der Waals surface area contributed by atoms with Crippen LogP contribution in [-0.2, 0) is 36.8 Å². The van der Waals surface area contributed by atoms with Gasteiger partial charge in [-0.15, -0.1) is 0 Å². The Hall–Kier alpha value is -2.12. The van der Waals surface area contributed by atoms with E-state index in [0.29, 0.717) is 44.0 Å². The standard InChI is InChI=1S/C37H60O7/c1-3-4-5-6-7-8-9-10-11-12-13-14-15-20-35(39)42-29-31-27-33(43-36-21-16-18-25-40-36)32(24-23-30(2)38)34(28-31)44-37-22-17-19-26-41-37/h27-28,36-37H,3-26,29H2,1-2H3. The maximum atomic E-state index is 12.6. The highest BCUT2D eigenvalue weighted by atomic mass is 16.7. The Bertz CT molecular complexity index is 893. The van der Waals surface area contributed by atoms with Gasteiger partial charge in [0, 0.05) is 31.2 Å². The van der Waals surface area contributed by atoms with Crippen molar-refractivity contribution in [2.75, 3.05) is 13.2 Å². The Morgan fingerprint density at radius 2 is 1.20 bits per heavy atom. The molecule has 0 spiro atoms. The van der Waals surface area contributed by atoms with Crippen molar-refractivity contribution in [1.82, 2.24) is 0 Å². The number of carbonyl (C=O) groups is 2. The molecule has 0 N–H and O–H groups in total. The Morgan fingerprint density at radius 3 is 1.66 bits per heavy atom. The van der Waals surface area contributed by atoms with Crippen LogP contribution >= 0.6 is 0 Å². The highest BCUT2D eigenvalue weighted by Gasteiger charge is 2.23. The van der Waals surface area contributed by atoms with Gasteiger partial charge in [0.25, 0.3) is 0 Å². The zero-order valence-electron chi connectivity index (χ0n) is 27.8. The third-order valence-electron chi connectivity index (χ3n) is 8.63. The number of benzene rings is 1. The van der Waals surface area contributed by atoms with Gasteiger partial charge in [0.05, 0.1) is 13.2 Å². The molecule has 2 aliphatic heterocycles. The molecule has 0 bridgehead atoms. The van der Waals surface area contributed by atoms with Crippen LogP contribution in [0.4, 0.5) is 0 Å². The lowest BCUT2D eigenvalue weighted by atomic mass is 10.0. The fraction of sp³-hybridized carbons (Fsp3) is 0.784. The number of unbranched alkanes of at least 4 members (excludes halogenated alkanes) is 12. The van der Waals surface area contributed by atoms with Crippen molar-refractivity contribution in [3.63, 3.8) is 0 Å². The highest BCUT2D eigenvalue weighted by molar-refractivity contribution is 5.76. The average molecular weight is 617 g/mol. The number of carbonyl (C=O) groups excluding carboxylic acids is 2. The molecule has 2 aliphatic rings. The van der Waals surface area contributed by atoms with Gasteiger partial charge in [-0.3, -0.25) is 4.79 Å². The van der Waals surface area contributed by atoms with Crippen LogP contribution in [0, 0.1) is 0 Å². The lowest BCUT2D eigenvalue weighted by Gasteiger charge is -2.28. The van der Waals surface area contributed by atoms with E-state index in [1.807, 2.05) is 12.1 Å². The summed E-state index contributed by atoms with van der Waals surface area (Å²) in [5, 5.41) is 0. The monoisotopic (exact) mass is 616 g/mol. The topological polar surface area (TPSA) is 80.3 Å². The minimum absolute atomic E-state index is 0.107. The van der Waals surface area contributed by atoms with E-state index in [2.05, 4.69) is 6.92 Å². The number of esters is 1. The predicted molar refractivity (Wildman–Crippen MR) is 174 cm³/mol. The summed E-state index contributed by atoms with van der Waals surface area (Å²) in [6.45, 7) is 5.35. The molecule has 2 atom stereocenters. The summed E-state index contributed by atoms with van der Waals surface area (Å²) in [6, 6.07) is 3.83. The molecular weight excluding hydrogens is 556 g/mol. The van der Waals surface area contributed by atoms with Gasteiger partial charge in [0.15, 0.2) is 12.6 Å². The molecule has 0 aromatic heterocycles. The van der Waals surface area contributed by atoms with E-state index in [1.54, 1.807) is 6.92 Å². The van der Waals surface area contributed by atoms with Crippen LogP contribution in [0.3, 0.4) is 0 Å². The second kappa shape index (κ2) is 22.4. The summed E-state index contributed by atoms with van der Waals surface area (Å²) in [5.41, 5.74) is 1.64. The number of ketones is 1. The van der Waals surface area contributed by atoms with Crippen molar-refractivity contribution in [2.24, 2.45) is 0 Å². The molecule has 250 valence electrons. The summed E-state index contributed by atoms with van der Waals surface area (Å²) in [4.78, 5) is 24.5. The molecule has 2 heterocycles. The molecule has 2 unspecified atom stereocenters. The Balaban J connectivity index is 1.47. The maximum absolute atomic E-state index is 12.6. The molecule has 7 nitrogen and oxygen atoms in total. The minimum Gasteiger partial charge on any atom is -0.465 e. The number of Topliss-reactive ketones (excluding diaryl/α,β-unsaturated/α-hetero) is 1. The fourth-order valence-electron chi connectivity index (χ4n) is 5.93. The largest absolute Gasteiger partial charge is 0.465 e. The smallest absolute Gasteiger partial charge is 0.306 e. The van der Waals surface area contributed by atoms with Gasteiger partial charge in [-0.1, -0.05) is 84.0 Å². The second-order valence-corrected chi connectivity index (χ2v) is 12.8. The van der Waals surface area contributed by atoms with Crippen LogP contribution in [0.2, 0.25) is 0 Å². The number of hydrogen-bond acceptors (Lipinski definition) is 7. The van der Waals surface area contributed by atoms with Crippen LogP contribution in [0.1, 0.15) is 160 Å². The summed E-state index contributed by atoms with van der Waals surface area (Å²) >= 11 is 0. The van der Waals surface area contributed by atoms with Gasteiger partial charge in [-0.05, 0) is 63.1 Å². The lowest BCUT2D eigenvalue weighted by molar-refractivity contribution is -0.145. The maximum Gasteiger partial charge on any atom is 0.306 e. The van der Waals surface area contributed by atoms with Crippen LogP contribution in [0.5, 0.6) is 11.5 Å². The third kappa shape index (κ3) is 15.2. The molecule has 0 saturated carbocycles. The molecule has 0 radical (unpaired) electrons. The molecule has 0 aliphatic carbocycles. The normalized spacial score (nSPS) is 18.6. The first-order chi connectivity index (χ1) is 21.5. The molecule has 1 aromatic rings. The first-order valence-electron chi connectivity index (χ1n) is 17.9. The van der Waals surface area contributed by atoms with Crippen LogP contribution in [-0.4, -0.2) is 37.5 Å². The Kier molecular flexibility index (Phi) is 18.5. The average Bonchev–Trinajstić information content (AvgIpc) is 3.03. The molecule has 0 amide bonds. The Morgan fingerprint density at radius 1 is 0.705 bits per heavy atom. The minimum atomic E-state index is -0.341. The predicted octanol–water partition coefficient (Wildman–Crippen LogP) is 9.54. The third-order valence-corrected chi connectivity index (χ3v) is 8.63. The van der Waals surface area contributed by atoms with Gasteiger partial charge in [0.1, 0.15) is 23.9 Å². The van der Waals surface area contributed by atoms with E-state index in [-0.39, 0.29) is 30.9 Å². The number of hydrogen-bond donors (Lipinski definition) is 0. The summed E-state index contributed by atoms with van der Waals surface area (Å²) in [7, 11) is 0. The lowest BCUT2D eigenvalue weighted by Crippen LogP contribution is -2.27. The van der Waals surface area contributed by atoms with Crippen molar-refractivity contribution in [3.05, 3.63) is 23.3 Å². The zero-order valence-corrected chi connectivity index (χ0v) is 27.8. The van der Waals surface area contributed by atoms with E-state index >= 15 is 0 Å². The van der Waals surface area contributed by atoms with Crippen molar-refractivity contribution in [3.8, 4) is 11.5 Å². The number of ether oxygens (including phenoxy) is 5. The van der Waals surface area contributed by atoms with Gasteiger partial charge in [0.2, 0.25) is 0 Å². The quantitative estimate of drug-likeness (QED) is 0.0894. The van der Waals surface area contributed by atoms with Gasteiger partial charge in [-0.25, -0.2) is 0 Å². The van der Waals surface area contributed by atoms with Crippen molar-refractivity contribution < 1.29 is 33.3 Å². The first kappa shape index (κ1) is 36.3. The van der Waals surface area contributed by atoms with Gasteiger partial charge < -0.3 is 28.5 Å².